The molecule has 2 amide bonds. The second-order valence-electron chi connectivity index (χ2n) is 6.40. The lowest BCUT2D eigenvalue weighted by atomic mass is 10.2. The van der Waals surface area contributed by atoms with Gasteiger partial charge in [0.15, 0.2) is 5.11 Å². The summed E-state index contributed by atoms with van der Waals surface area (Å²) in [6.07, 6.45) is -0.0563. The molecule has 8 heteroatoms. The van der Waals surface area contributed by atoms with Crippen molar-refractivity contribution in [1.82, 2.24) is 10.6 Å². The van der Waals surface area contributed by atoms with E-state index in [1.165, 1.54) is 0 Å². The van der Waals surface area contributed by atoms with E-state index in [0.717, 1.165) is 0 Å². The first-order valence-electron chi connectivity index (χ1n) is 9.16. The molecule has 7 nitrogen and oxygen atoms in total. The summed E-state index contributed by atoms with van der Waals surface area (Å²) in [4.78, 5) is 24.5. The first-order valence-corrected chi connectivity index (χ1v) is 9.56. The van der Waals surface area contributed by atoms with Crippen LogP contribution in [0.25, 0.3) is 0 Å². The predicted octanol–water partition coefficient (Wildman–Crippen LogP) is 2.98. The maximum absolute atomic E-state index is 12.5. The zero-order valence-electron chi connectivity index (χ0n) is 16.7. The van der Waals surface area contributed by atoms with Crippen LogP contribution in [0.1, 0.15) is 34.6 Å². The van der Waals surface area contributed by atoms with Crippen LogP contribution in [-0.2, 0) is 4.74 Å². The average molecular weight is 416 g/mol. The second-order valence-corrected chi connectivity index (χ2v) is 6.81. The monoisotopic (exact) mass is 415 g/mol. The van der Waals surface area contributed by atoms with Crippen LogP contribution in [0.5, 0.6) is 5.75 Å². The molecule has 29 heavy (non-hydrogen) atoms. The van der Waals surface area contributed by atoms with Gasteiger partial charge in [-0.3, -0.25) is 14.9 Å². The molecule has 2 rings (SSSR count). The van der Waals surface area contributed by atoms with Gasteiger partial charge >= 0.3 is 0 Å². The Hall–Kier alpha value is -2.97. The third kappa shape index (κ3) is 7.17. The summed E-state index contributed by atoms with van der Waals surface area (Å²) in [6, 6.07) is 13.7. The van der Waals surface area contributed by atoms with E-state index >= 15 is 0 Å². The van der Waals surface area contributed by atoms with Crippen molar-refractivity contribution in [3.05, 3.63) is 59.7 Å². The maximum Gasteiger partial charge on any atom is 0.261 e. The normalized spacial score (nSPS) is 10.3. The highest BCUT2D eigenvalue weighted by molar-refractivity contribution is 7.80. The van der Waals surface area contributed by atoms with Gasteiger partial charge in [-0.25, -0.2) is 0 Å². The zero-order valence-corrected chi connectivity index (χ0v) is 17.5. The molecule has 2 aromatic rings. The molecule has 154 valence electrons. The van der Waals surface area contributed by atoms with E-state index in [9.17, 15) is 9.59 Å². The van der Waals surface area contributed by atoms with Crippen LogP contribution in [0.2, 0.25) is 0 Å². The van der Waals surface area contributed by atoms with Crippen LogP contribution < -0.4 is 20.7 Å². The largest absolute Gasteiger partial charge is 0.490 e. The minimum atomic E-state index is -0.368. The lowest BCUT2D eigenvalue weighted by Crippen LogP contribution is -2.34. The lowest BCUT2D eigenvalue weighted by Gasteiger charge is -2.15. The molecular weight excluding hydrogens is 390 g/mol. The van der Waals surface area contributed by atoms with Crippen molar-refractivity contribution in [3.63, 3.8) is 0 Å². The summed E-state index contributed by atoms with van der Waals surface area (Å²) in [5.41, 5.74) is 1.56. The first-order chi connectivity index (χ1) is 13.9. The van der Waals surface area contributed by atoms with Gasteiger partial charge in [-0.2, -0.15) is 0 Å². The molecule has 0 saturated heterocycles. The highest BCUT2D eigenvalue weighted by Crippen LogP contribution is 2.19. The van der Waals surface area contributed by atoms with E-state index in [1.807, 2.05) is 13.8 Å². The van der Waals surface area contributed by atoms with Crippen molar-refractivity contribution >= 4 is 34.8 Å². The number of para-hydroxylation sites is 1. The fourth-order valence-electron chi connectivity index (χ4n) is 2.42. The van der Waals surface area contributed by atoms with Crippen molar-refractivity contribution in [1.29, 1.82) is 0 Å². The number of hydrogen-bond acceptors (Lipinski definition) is 5. The molecule has 0 aromatic heterocycles. The summed E-state index contributed by atoms with van der Waals surface area (Å²) in [5, 5.41) is 8.46. The van der Waals surface area contributed by atoms with E-state index in [-0.39, 0.29) is 23.0 Å². The molecule has 0 spiro atoms. The number of methoxy groups -OCH3 is 1. The summed E-state index contributed by atoms with van der Waals surface area (Å²) < 4.78 is 10.6. The van der Waals surface area contributed by atoms with Gasteiger partial charge in [0.2, 0.25) is 0 Å². The zero-order chi connectivity index (χ0) is 21.2. The molecule has 0 bridgehead atoms. The summed E-state index contributed by atoms with van der Waals surface area (Å²) in [6.45, 7) is 4.67. The van der Waals surface area contributed by atoms with E-state index in [2.05, 4.69) is 16.0 Å². The van der Waals surface area contributed by atoms with Crippen LogP contribution >= 0.6 is 12.2 Å². The number of benzene rings is 2. The minimum absolute atomic E-state index is 0.0563. The number of carbonyl (C=O) groups excluding carboxylic acids is 2. The Labute approximate surface area is 175 Å². The van der Waals surface area contributed by atoms with Gasteiger partial charge in [0, 0.05) is 24.9 Å². The van der Waals surface area contributed by atoms with E-state index < -0.39 is 0 Å². The van der Waals surface area contributed by atoms with Crippen molar-refractivity contribution < 1.29 is 19.1 Å². The Balaban J connectivity index is 1.94. The van der Waals surface area contributed by atoms with Crippen LogP contribution in [0.15, 0.2) is 48.5 Å². The van der Waals surface area contributed by atoms with Gasteiger partial charge in [-0.15, -0.1) is 0 Å². The molecule has 0 aliphatic rings. The molecule has 0 heterocycles. The Morgan fingerprint density at radius 1 is 1.03 bits per heavy atom. The van der Waals surface area contributed by atoms with Gasteiger partial charge in [0.05, 0.1) is 18.3 Å². The summed E-state index contributed by atoms with van der Waals surface area (Å²) in [7, 11) is 1.57. The summed E-state index contributed by atoms with van der Waals surface area (Å²) >= 11 is 5.22. The molecule has 0 radical (unpaired) electrons. The minimum Gasteiger partial charge on any atom is -0.490 e. The second kappa shape index (κ2) is 11.1. The molecule has 0 unspecified atom stereocenters. The molecule has 3 N–H and O–H groups in total. The highest BCUT2D eigenvalue weighted by Gasteiger charge is 2.14. The van der Waals surface area contributed by atoms with E-state index in [4.69, 9.17) is 21.7 Å². The average Bonchev–Trinajstić information content (AvgIpc) is 2.68. The van der Waals surface area contributed by atoms with Crippen molar-refractivity contribution in [3.8, 4) is 5.75 Å². The maximum atomic E-state index is 12.5. The fraction of sp³-hybridized carbons (Fsp3) is 0.286. The van der Waals surface area contributed by atoms with E-state index in [1.54, 1.807) is 55.6 Å². The Bertz CT molecular complexity index is 853. The number of hydrogen-bond donors (Lipinski definition) is 3. The number of ether oxygens (including phenoxy) is 2. The Morgan fingerprint density at radius 3 is 2.38 bits per heavy atom. The Morgan fingerprint density at radius 2 is 1.72 bits per heavy atom. The SMILES string of the molecule is COCCNC(=O)c1ccc(NC(=S)NC(=O)c2ccccc2OC(C)C)cc1. The molecule has 0 saturated carbocycles. The van der Waals surface area contributed by atoms with Crippen LogP contribution in [0, 0.1) is 0 Å². The van der Waals surface area contributed by atoms with Gasteiger partial charge in [0.1, 0.15) is 5.75 Å². The number of rotatable bonds is 8. The standard InChI is InChI=1S/C21H25N3O4S/c1-14(2)28-18-7-5-4-6-17(18)20(26)24-21(29)23-16-10-8-15(9-11-16)19(25)22-12-13-27-3/h4-11,14H,12-13H2,1-3H3,(H,22,25)(H2,23,24,26,29). The van der Waals surface area contributed by atoms with Gasteiger partial charge in [-0.1, -0.05) is 12.1 Å². The van der Waals surface area contributed by atoms with Gasteiger partial charge in [0.25, 0.3) is 11.8 Å². The Kier molecular flexibility index (Phi) is 8.57. The molecule has 0 atom stereocenters. The van der Waals surface area contributed by atoms with Crippen molar-refractivity contribution in [2.24, 2.45) is 0 Å². The highest BCUT2D eigenvalue weighted by atomic mass is 32.1. The van der Waals surface area contributed by atoms with Crippen molar-refractivity contribution in [2.75, 3.05) is 25.6 Å². The first kappa shape index (κ1) is 22.3. The number of carbonyl (C=O) groups is 2. The molecule has 2 aromatic carbocycles. The molecular formula is C21H25N3O4S. The quantitative estimate of drug-likeness (QED) is 0.454. The third-order valence-corrected chi connectivity index (χ3v) is 3.92. The van der Waals surface area contributed by atoms with E-state index in [0.29, 0.717) is 35.7 Å². The smallest absolute Gasteiger partial charge is 0.261 e. The van der Waals surface area contributed by atoms with Crippen LogP contribution in [0.4, 0.5) is 5.69 Å². The number of thiocarbonyl (C=S) groups is 1. The number of amides is 2. The molecule has 0 fully saturated rings. The fourth-order valence-corrected chi connectivity index (χ4v) is 2.63. The molecule has 0 aliphatic carbocycles. The van der Waals surface area contributed by atoms with Crippen molar-refractivity contribution in [2.45, 2.75) is 20.0 Å². The third-order valence-electron chi connectivity index (χ3n) is 3.72. The predicted molar refractivity (Wildman–Crippen MR) is 117 cm³/mol. The summed E-state index contributed by atoms with van der Waals surface area (Å²) in [5.74, 6) is -0.0641. The van der Waals surface area contributed by atoms with Crippen LogP contribution in [-0.4, -0.2) is 43.3 Å². The molecule has 0 aliphatic heterocycles. The van der Waals surface area contributed by atoms with Gasteiger partial charge in [-0.05, 0) is 62.5 Å². The topological polar surface area (TPSA) is 88.7 Å². The van der Waals surface area contributed by atoms with Gasteiger partial charge < -0.3 is 20.1 Å². The lowest BCUT2D eigenvalue weighted by molar-refractivity contribution is 0.0935. The number of nitrogens with one attached hydrogen (secondary N) is 3. The van der Waals surface area contributed by atoms with Crippen LogP contribution in [0.3, 0.4) is 0 Å². The number of anilines is 1.